The van der Waals surface area contributed by atoms with Gasteiger partial charge >= 0.3 is 0 Å². The van der Waals surface area contributed by atoms with Gasteiger partial charge in [0.2, 0.25) is 0 Å². The third kappa shape index (κ3) is 7.57. The Bertz CT molecular complexity index is 5650. The Balaban J connectivity index is 0.892. The molecule has 0 aliphatic heterocycles. The van der Waals surface area contributed by atoms with E-state index in [1.165, 1.54) is 21.5 Å². The summed E-state index contributed by atoms with van der Waals surface area (Å²) in [6.07, 6.45) is 0. The Morgan fingerprint density at radius 3 is 0.966 bits per heavy atom. The average Bonchev–Trinajstić information content (AvgIpc) is 1.65. The van der Waals surface area contributed by atoms with E-state index in [0.717, 1.165) is 144 Å². The minimum atomic E-state index is 0.518. The Morgan fingerprint density at radius 2 is 0.551 bits per heavy atom. The maximum absolute atomic E-state index is 6.49. The Morgan fingerprint density at radius 1 is 0.213 bits per heavy atom. The van der Waals surface area contributed by atoms with Crippen molar-refractivity contribution in [3.8, 4) is 73.5 Å². The molecule has 13 aromatic carbocycles. The number of aromatic nitrogens is 6. The molecule has 0 fully saturated rings. The van der Waals surface area contributed by atoms with Crippen LogP contribution in [-0.2, 0) is 0 Å². The third-order valence-corrected chi connectivity index (χ3v) is 18.1. The van der Waals surface area contributed by atoms with Gasteiger partial charge in [0.15, 0.2) is 17.5 Å². The lowest BCUT2D eigenvalue weighted by Gasteiger charge is -2.21. The molecule has 0 N–H and O–H groups in total. The van der Waals surface area contributed by atoms with Gasteiger partial charge in [0, 0.05) is 93.1 Å². The molecule has 0 atom stereocenters. The van der Waals surface area contributed by atoms with Crippen LogP contribution in [0.3, 0.4) is 0 Å². The first-order valence-electron chi connectivity index (χ1n) is 30.1. The molecule has 414 valence electrons. The van der Waals surface area contributed by atoms with Crippen LogP contribution in [0.1, 0.15) is 0 Å². The fraction of sp³-hybridized carbons (Fsp3) is 0. The second-order valence-corrected chi connectivity index (χ2v) is 23.1. The number of hydrogen-bond acceptors (Lipinski definition) is 5. The zero-order valence-corrected chi connectivity index (χ0v) is 47.7. The van der Waals surface area contributed by atoms with Gasteiger partial charge in [-0.1, -0.05) is 182 Å². The zero-order chi connectivity index (χ0) is 58.3. The molecule has 0 amide bonds. The van der Waals surface area contributed by atoms with E-state index < -0.39 is 0 Å². The summed E-state index contributed by atoms with van der Waals surface area (Å²) >= 11 is 0. The van der Waals surface area contributed by atoms with Crippen LogP contribution in [0.25, 0.3) is 183 Å². The summed E-state index contributed by atoms with van der Waals surface area (Å²) in [5, 5.41) is 11.3. The Labute approximate surface area is 508 Å². The maximum atomic E-state index is 6.49. The van der Waals surface area contributed by atoms with Crippen LogP contribution >= 0.6 is 0 Å². The van der Waals surface area contributed by atoms with Crippen LogP contribution in [-0.4, -0.2) is 28.7 Å². The lowest BCUT2D eigenvalue weighted by molar-refractivity contribution is 0.668. The van der Waals surface area contributed by atoms with Crippen LogP contribution in [0.5, 0.6) is 0 Å². The highest BCUT2D eigenvalue weighted by Gasteiger charge is 2.26. The molecule has 0 aliphatic carbocycles. The number of furan rings is 2. The lowest BCUT2D eigenvalue weighted by atomic mass is 9.92. The van der Waals surface area contributed by atoms with E-state index >= 15 is 0 Å². The van der Waals surface area contributed by atoms with Gasteiger partial charge in [0.1, 0.15) is 22.3 Å². The van der Waals surface area contributed by atoms with Crippen molar-refractivity contribution in [1.29, 1.82) is 0 Å². The number of nitrogens with zero attached hydrogens (tertiary/aromatic N) is 6. The van der Waals surface area contributed by atoms with Crippen molar-refractivity contribution in [2.75, 3.05) is 0 Å². The summed E-state index contributed by atoms with van der Waals surface area (Å²) in [7, 11) is 0. The summed E-state index contributed by atoms with van der Waals surface area (Å²) in [5.74, 6) is 1.56. The van der Waals surface area contributed by atoms with E-state index in [2.05, 4.69) is 268 Å². The predicted molar refractivity (Wildman–Crippen MR) is 365 cm³/mol. The zero-order valence-electron chi connectivity index (χ0n) is 47.7. The molecular formula is C81H48N6O2. The molecule has 0 spiro atoms. The summed E-state index contributed by atoms with van der Waals surface area (Å²) in [5.41, 5.74) is 19.7. The smallest absolute Gasteiger partial charge is 0.164 e. The van der Waals surface area contributed by atoms with Gasteiger partial charge in [-0.25, -0.2) is 15.0 Å². The fourth-order valence-corrected chi connectivity index (χ4v) is 14.1. The van der Waals surface area contributed by atoms with E-state index in [1.807, 2.05) is 36.4 Å². The van der Waals surface area contributed by atoms with Crippen LogP contribution in [0.15, 0.2) is 300 Å². The number of benzene rings is 13. The van der Waals surface area contributed by atoms with E-state index in [-0.39, 0.29) is 0 Å². The number of fused-ring (bicyclic) bond motifs is 15. The van der Waals surface area contributed by atoms with Crippen molar-refractivity contribution in [2.45, 2.75) is 0 Å². The van der Waals surface area contributed by atoms with Crippen LogP contribution in [0.4, 0.5) is 0 Å². The number of rotatable bonds is 8. The van der Waals surface area contributed by atoms with Gasteiger partial charge in [-0.3, -0.25) is 0 Å². The standard InChI is InChI=1S/C81H48N6O2/c1-3-19-49(20-4-1)64-43-53(81-83-79(51-35-39-62-60-27-11-17-33-74(60)88-76(62)45-51)82-80(84-81)52-36-40-63-61-28-12-18-34-75(61)89-77(63)46-52)44-65(50-21-5-2-6-22-50)78(64)87-72-41-37-54(85-68-29-13-7-23-56(68)57-24-8-14-30-69(57)85)47-66(72)67-48-55(38-42-73(67)87)86-70-31-15-9-25-58(70)59-26-10-16-32-71(59)86/h1-48H. The molecule has 0 radical (unpaired) electrons. The van der Waals surface area contributed by atoms with Gasteiger partial charge in [0.05, 0.1) is 38.8 Å². The first kappa shape index (κ1) is 49.2. The molecule has 19 aromatic rings. The third-order valence-electron chi connectivity index (χ3n) is 18.1. The van der Waals surface area contributed by atoms with Gasteiger partial charge in [0.25, 0.3) is 0 Å². The molecule has 6 heterocycles. The molecule has 0 saturated heterocycles. The molecule has 6 aromatic heterocycles. The fourth-order valence-electron chi connectivity index (χ4n) is 14.1. The van der Waals surface area contributed by atoms with E-state index in [1.54, 1.807) is 0 Å². The van der Waals surface area contributed by atoms with Crippen LogP contribution < -0.4 is 0 Å². The van der Waals surface area contributed by atoms with Crippen molar-refractivity contribution in [1.82, 2.24) is 28.7 Å². The molecule has 89 heavy (non-hydrogen) atoms. The van der Waals surface area contributed by atoms with Crippen LogP contribution in [0.2, 0.25) is 0 Å². The van der Waals surface area contributed by atoms with E-state index in [0.29, 0.717) is 17.5 Å². The maximum Gasteiger partial charge on any atom is 0.164 e. The van der Waals surface area contributed by atoms with Crippen molar-refractivity contribution < 1.29 is 8.83 Å². The molecule has 0 unspecified atom stereocenters. The second-order valence-electron chi connectivity index (χ2n) is 23.1. The van der Waals surface area contributed by atoms with Crippen molar-refractivity contribution in [2.24, 2.45) is 0 Å². The highest BCUT2D eigenvalue weighted by Crippen LogP contribution is 2.46. The summed E-state index contributed by atoms with van der Waals surface area (Å²) in [4.78, 5) is 16.3. The SMILES string of the molecule is c1ccc(-c2cc(-c3nc(-c4ccc5c(c4)oc4ccccc45)nc(-c4ccc5c(c4)oc4ccccc45)n3)cc(-c3ccccc3)c2-n2c3ccc(-n4c5ccccc5c5ccccc54)cc3c3cc(-n4c5ccccc5c5ccccc54)ccc32)cc1. The second kappa shape index (κ2) is 19.2. The molecule has 19 rings (SSSR count). The van der Waals surface area contributed by atoms with Gasteiger partial charge in [-0.15, -0.1) is 0 Å². The monoisotopic (exact) mass is 1140 g/mol. The van der Waals surface area contributed by atoms with Crippen molar-refractivity contribution in [3.63, 3.8) is 0 Å². The largest absolute Gasteiger partial charge is 0.456 e. The Hall–Kier alpha value is -12.1. The van der Waals surface area contributed by atoms with E-state index in [4.69, 9.17) is 23.8 Å². The van der Waals surface area contributed by atoms with Gasteiger partial charge in [-0.05, 0) is 120 Å². The molecule has 8 nitrogen and oxygen atoms in total. The molecule has 0 bridgehead atoms. The summed E-state index contributed by atoms with van der Waals surface area (Å²) < 4.78 is 20.3. The normalized spacial score (nSPS) is 12.0. The Kier molecular flexibility index (Phi) is 10.6. The van der Waals surface area contributed by atoms with Crippen molar-refractivity contribution in [3.05, 3.63) is 291 Å². The quantitative estimate of drug-likeness (QED) is 0.151. The number of para-hydroxylation sites is 6. The average molecular weight is 1140 g/mol. The first-order chi connectivity index (χ1) is 44.1. The van der Waals surface area contributed by atoms with Gasteiger partial charge in [-0.2, -0.15) is 0 Å². The topological polar surface area (TPSA) is 79.7 Å². The minimum absolute atomic E-state index is 0.518. The molecule has 8 heteroatoms. The van der Waals surface area contributed by atoms with E-state index in [9.17, 15) is 0 Å². The minimum Gasteiger partial charge on any atom is -0.456 e. The highest BCUT2D eigenvalue weighted by atomic mass is 16.3. The summed E-state index contributed by atoms with van der Waals surface area (Å²) in [6.45, 7) is 0. The number of hydrogen-bond donors (Lipinski definition) is 0. The van der Waals surface area contributed by atoms with Crippen molar-refractivity contribution >= 4 is 109 Å². The lowest BCUT2D eigenvalue weighted by Crippen LogP contribution is -2.04. The van der Waals surface area contributed by atoms with Crippen LogP contribution in [0, 0.1) is 0 Å². The molecule has 0 aliphatic rings. The molecular weight excluding hydrogens is 1090 g/mol. The van der Waals surface area contributed by atoms with Gasteiger partial charge < -0.3 is 22.5 Å². The highest BCUT2D eigenvalue weighted by molar-refractivity contribution is 6.15. The summed E-state index contributed by atoms with van der Waals surface area (Å²) in [6, 6.07) is 104. The predicted octanol–water partition coefficient (Wildman–Crippen LogP) is 21.3. The molecule has 0 saturated carbocycles. The first-order valence-corrected chi connectivity index (χ1v) is 30.1.